The maximum Gasteiger partial charge on any atom is 2.00 e. The predicted molar refractivity (Wildman–Crippen MR) is 141 cm³/mol. The Bertz CT molecular complexity index is 706. The van der Waals surface area contributed by atoms with E-state index < -0.39 is 11.9 Å². The van der Waals surface area contributed by atoms with Gasteiger partial charge >= 0.3 is 31.4 Å². The van der Waals surface area contributed by atoms with E-state index in [1.165, 1.54) is 19.3 Å². The molecule has 0 bridgehead atoms. The van der Waals surface area contributed by atoms with Crippen LogP contribution in [0.4, 0.5) is 0 Å². The van der Waals surface area contributed by atoms with Gasteiger partial charge in [-0.2, -0.15) is 0 Å². The first-order chi connectivity index (χ1) is 16.5. The fourth-order valence-electron chi connectivity index (χ4n) is 3.68. The summed E-state index contributed by atoms with van der Waals surface area (Å²) in [6.45, 7) is 4.08. The molecule has 2 unspecified atom stereocenters. The average Bonchev–Trinajstić information content (AvgIpc) is 2.91. The second kappa shape index (κ2) is 32.0. The SMILES string of the molecule is O.O.O=C(O)C1CCCCC1.O=C(O)c1ccccc1.OCC1C=CC[N-]C1.OCC1CCC[N-]C1.[Zn+2].[Zn].[Zn]. The first-order valence-electron chi connectivity index (χ1n) is 12.1. The summed E-state index contributed by atoms with van der Waals surface area (Å²) in [5, 5.41) is 42.4. The maximum absolute atomic E-state index is 10.4. The van der Waals surface area contributed by atoms with Crippen molar-refractivity contribution < 1.29 is 99.4 Å². The van der Waals surface area contributed by atoms with E-state index in [0.29, 0.717) is 24.0 Å². The minimum absolute atomic E-state index is 0. The van der Waals surface area contributed by atoms with E-state index in [1.807, 2.05) is 12.2 Å². The Kier molecular flexibility index (Phi) is 39.7. The number of benzene rings is 1. The van der Waals surface area contributed by atoms with Crippen LogP contribution in [-0.4, -0.2) is 82.7 Å². The molecule has 8 N–H and O–H groups in total. The van der Waals surface area contributed by atoms with Crippen molar-refractivity contribution in [2.45, 2.75) is 44.9 Å². The summed E-state index contributed by atoms with van der Waals surface area (Å²) in [4.78, 5) is 20.6. The maximum atomic E-state index is 10.4. The molecule has 3 aliphatic rings. The van der Waals surface area contributed by atoms with E-state index in [-0.39, 0.29) is 81.9 Å². The summed E-state index contributed by atoms with van der Waals surface area (Å²) in [5.74, 6) is -0.739. The monoisotopic (exact) mass is 704 g/mol. The number of hydrogen-bond donors (Lipinski definition) is 4. The largest absolute Gasteiger partial charge is 2.00 e. The van der Waals surface area contributed by atoms with Gasteiger partial charge in [-0.1, -0.05) is 56.4 Å². The Hall–Kier alpha value is -0.470. The number of aliphatic hydroxyl groups is 2. The van der Waals surface area contributed by atoms with Gasteiger partial charge in [-0.25, -0.2) is 4.79 Å². The number of hydrogen-bond acceptors (Lipinski definition) is 4. The molecule has 0 amide bonds. The van der Waals surface area contributed by atoms with Crippen molar-refractivity contribution >= 4 is 11.9 Å². The number of rotatable bonds is 4. The van der Waals surface area contributed by atoms with Crippen LogP contribution >= 0.6 is 0 Å². The van der Waals surface area contributed by atoms with Gasteiger partial charge in [0, 0.05) is 52.2 Å². The quantitative estimate of drug-likeness (QED) is 0.273. The molecule has 13 heteroatoms. The molecule has 10 nitrogen and oxygen atoms in total. The van der Waals surface area contributed by atoms with Crippen molar-refractivity contribution in [3.63, 3.8) is 0 Å². The Labute approximate surface area is 270 Å². The Balaban J connectivity index is -0.000000126. The summed E-state index contributed by atoms with van der Waals surface area (Å²) in [6, 6.07) is 8.30. The first-order valence-corrected chi connectivity index (χ1v) is 12.1. The van der Waals surface area contributed by atoms with Crippen LogP contribution in [0.2, 0.25) is 0 Å². The number of carbonyl (C=O) groups is 2. The third kappa shape index (κ3) is 25.0. The van der Waals surface area contributed by atoms with Crippen molar-refractivity contribution in [1.29, 1.82) is 0 Å². The number of aromatic carboxylic acids is 1. The van der Waals surface area contributed by atoms with E-state index in [4.69, 9.17) is 20.4 Å². The van der Waals surface area contributed by atoms with Gasteiger partial charge in [0.1, 0.15) is 0 Å². The third-order valence-corrected chi connectivity index (χ3v) is 5.79. The topological polar surface area (TPSA) is 206 Å². The van der Waals surface area contributed by atoms with E-state index in [9.17, 15) is 9.59 Å². The molecule has 39 heavy (non-hydrogen) atoms. The fourth-order valence-corrected chi connectivity index (χ4v) is 3.68. The zero-order valence-electron chi connectivity index (χ0n) is 23.1. The molecule has 0 radical (unpaired) electrons. The summed E-state index contributed by atoms with van der Waals surface area (Å²) in [6.07, 6.45) is 11.6. The van der Waals surface area contributed by atoms with E-state index >= 15 is 0 Å². The molecule has 2 aliphatic heterocycles. The first kappa shape index (κ1) is 48.3. The molecule has 2 atom stereocenters. The van der Waals surface area contributed by atoms with Crippen LogP contribution in [0.25, 0.3) is 10.6 Å². The number of carboxylic acid groups (broad SMARTS) is 2. The molecular formula is C26H44N2O8Zn3. The van der Waals surface area contributed by atoms with Crippen molar-refractivity contribution in [1.82, 2.24) is 0 Å². The van der Waals surface area contributed by atoms with Gasteiger partial charge in [0.15, 0.2) is 0 Å². The molecule has 2 fully saturated rings. The van der Waals surface area contributed by atoms with Gasteiger partial charge in [-0.05, 0) is 36.8 Å². The van der Waals surface area contributed by atoms with Gasteiger partial charge < -0.3 is 42.0 Å². The smallest absolute Gasteiger partial charge is 0.662 e. The van der Waals surface area contributed by atoms with Crippen LogP contribution in [0.1, 0.15) is 55.3 Å². The zero-order chi connectivity index (χ0) is 25.0. The van der Waals surface area contributed by atoms with Crippen molar-refractivity contribution in [2.75, 3.05) is 39.4 Å². The molecule has 0 spiro atoms. The molecule has 1 aliphatic carbocycles. The number of aliphatic hydroxyl groups excluding tert-OH is 2. The molecule has 2 heterocycles. The predicted octanol–water partition coefficient (Wildman–Crippen LogP) is 2.68. The van der Waals surface area contributed by atoms with Gasteiger partial charge in [0.25, 0.3) is 0 Å². The summed E-state index contributed by atoms with van der Waals surface area (Å²) in [7, 11) is 0. The number of nitrogens with zero attached hydrogens (tertiary/aromatic N) is 2. The molecule has 1 aromatic rings. The summed E-state index contributed by atoms with van der Waals surface area (Å²) in [5.41, 5.74) is 0.331. The van der Waals surface area contributed by atoms with E-state index in [2.05, 4.69) is 10.6 Å². The molecular weight excluding hydrogens is 664 g/mol. The molecule has 212 valence electrons. The average molecular weight is 709 g/mol. The van der Waals surface area contributed by atoms with Gasteiger partial charge in [-0.3, -0.25) is 4.79 Å². The van der Waals surface area contributed by atoms with Crippen LogP contribution in [0.15, 0.2) is 42.5 Å². The summed E-state index contributed by atoms with van der Waals surface area (Å²) < 4.78 is 0. The second-order valence-corrected chi connectivity index (χ2v) is 8.62. The molecule has 4 rings (SSSR count). The minimum Gasteiger partial charge on any atom is -0.662 e. The van der Waals surface area contributed by atoms with Gasteiger partial charge in [0.05, 0.1) is 11.5 Å². The zero-order valence-corrected chi connectivity index (χ0v) is 32.0. The van der Waals surface area contributed by atoms with E-state index in [1.54, 1.807) is 30.3 Å². The Morgan fingerprint density at radius 3 is 1.74 bits per heavy atom. The molecule has 1 aromatic carbocycles. The fraction of sp³-hybridized carbons (Fsp3) is 0.615. The number of aliphatic carboxylic acids is 1. The third-order valence-electron chi connectivity index (χ3n) is 5.79. The minimum atomic E-state index is -0.879. The molecule has 1 saturated carbocycles. The van der Waals surface area contributed by atoms with Crippen molar-refractivity contribution in [3.05, 3.63) is 58.7 Å². The van der Waals surface area contributed by atoms with Gasteiger partial charge in [-0.15, -0.1) is 32.3 Å². The standard InChI is InChI=1S/C7H12O2.C7H6O2.C6H12NO.C6H10NO.2H2O.3Zn/c2*8-7(9)6-4-2-1-3-5-6;2*8-5-6-2-1-3-7-4-6;;;;;/h6H,1-5H2,(H,8,9);1-5H,(H,8,9);6,8H,1-5H2;1-2,6,8H,3-5H2;2*1H2;;;/q;;2*-1;;;;;+2. The van der Waals surface area contributed by atoms with Crippen LogP contribution in [0.5, 0.6) is 0 Å². The van der Waals surface area contributed by atoms with Crippen LogP contribution in [0.3, 0.4) is 0 Å². The van der Waals surface area contributed by atoms with Crippen LogP contribution in [-0.2, 0) is 63.2 Å². The Morgan fingerprint density at radius 1 is 0.821 bits per heavy atom. The number of piperidine rings is 1. The van der Waals surface area contributed by atoms with Crippen molar-refractivity contribution in [2.24, 2.45) is 17.8 Å². The van der Waals surface area contributed by atoms with E-state index in [0.717, 1.165) is 51.9 Å². The normalized spacial score (nSPS) is 19.1. The van der Waals surface area contributed by atoms with Gasteiger partial charge in [0.2, 0.25) is 0 Å². The van der Waals surface area contributed by atoms with Crippen LogP contribution < -0.4 is 0 Å². The van der Waals surface area contributed by atoms with Crippen LogP contribution in [0, 0.1) is 17.8 Å². The van der Waals surface area contributed by atoms with Crippen molar-refractivity contribution in [3.8, 4) is 0 Å². The number of carboxylic acids is 2. The summed E-state index contributed by atoms with van der Waals surface area (Å²) >= 11 is 0. The molecule has 0 aromatic heterocycles. The molecule has 1 saturated heterocycles. The second-order valence-electron chi connectivity index (χ2n) is 8.62. The Morgan fingerprint density at radius 2 is 1.44 bits per heavy atom.